The normalized spacial score (nSPS) is 13.6. The first-order valence-electron chi connectivity index (χ1n) is 11.3. The van der Waals surface area contributed by atoms with E-state index < -0.39 is 0 Å². The summed E-state index contributed by atoms with van der Waals surface area (Å²) in [6.07, 6.45) is 2.30. The Morgan fingerprint density at radius 3 is 2.61 bits per heavy atom. The number of benzene rings is 2. The highest BCUT2D eigenvalue weighted by Gasteiger charge is 2.30. The number of pyridine rings is 1. The van der Waals surface area contributed by atoms with Crippen LogP contribution in [0, 0.1) is 25.2 Å². The number of imidazole rings is 1. The number of nitrogens with zero attached hydrogens (tertiary/aromatic N) is 4. The minimum Gasteiger partial charge on any atom is -0.308 e. The van der Waals surface area contributed by atoms with Crippen LogP contribution in [-0.4, -0.2) is 14.5 Å². The van der Waals surface area contributed by atoms with Crippen LogP contribution in [0.5, 0.6) is 0 Å². The van der Waals surface area contributed by atoms with Crippen LogP contribution < -0.4 is 5.43 Å². The number of nitriles is 1. The lowest BCUT2D eigenvalue weighted by molar-refractivity contribution is 0.740. The number of aryl methyl sites for hydroxylation is 2. The third-order valence-electron chi connectivity index (χ3n) is 6.58. The Balaban J connectivity index is 1.58. The van der Waals surface area contributed by atoms with Crippen molar-refractivity contribution in [1.82, 2.24) is 14.5 Å². The lowest BCUT2D eigenvalue weighted by Gasteiger charge is -2.10. The number of aromatic nitrogens is 3. The first-order valence-corrected chi connectivity index (χ1v) is 11.3. The predicted octanol–water partition coefficient (Wildman–Crippen LogP) is 5.51. The lowest BCUT2D eigenvalue weighted by atomic mass is 10.1. The zero-order valence-corrected chi connectivity index (χ0v) is 18.6. The molecule has 0 saturated heterocycles. The molecule has 1 aliphatic carbocycles. The van der Waals surface area contributed by atoms with Crippen LogP contribution in [0.3, 0.4) is 0 Å². The van der Waals surface area contributed by atoms with Gasteiger partial charge in [0.25, 0.3) is 0 Å². The topological polar surface area (TPSA) is 71.6 Å². The van der Waals surface area contributed by atoms with Gasteiger partial charge in [0.15, 0.2) is 11.1 Å². The Bertz CT molecular complexity index is 1700. The summed E-state index contributed by atoms with van der Waals surface area (Å²) in [5.41, 5.74) is 5.43. The monoisotopic (exact) mass is 430 g/mol. The van der Waals surface area contributed by atoms with Gasteiger partial charge in [-0.25, -0.2) is 9.97 Å². The Labute approximate surface area is 191 Å². The maximum atomic E-state index is 13.5. The van der Waals surface area contributed by atoms with Crippen molar-refractivity contribution in [2.45, 2.75) is 39.2 Å². The fourth-order valence-corrected chi connectivity index (χ4v) is 4.82. The van der Waals surface area contributed by atoms with E-state index in [9.17, 15) is 10.1 Å². The standard InChI is InChI=1S/C28H22N4O/c1-16-11-17(2)30-28-25(16)31-27(19-8-9-19)32(28)15-18-7-10-22-21(14-29)13-20-5-3-4-6-23(20)26(33)24(22)12-18/h3-7,10-13,19H,8-9,15H2,1-2H3. The summed E-state index contributed by atoms with van der Waals surface area (Å²) < 4.78 is 2.21. The van der Waals surface area contributed by atoms with Gasteiger partial charge in [0.05, 0.1) is 18.2 Å². The summed E-state index contributed by atoms with van der Waals surface area (Å²) in [4.78, 5) is 23.2. The molecule has 2 heterocycles. The van der Waals surface area contributed by atoms with Crippen molar-refractivity contribution in [2.24, 2.45) is 0 Å². The fraction of sp³-hybridized carbons (Fsp3) is 0.214. The molecule has 33 heavy (non-hydrogen) atoms. The van der Waals surface area contributed by atoms with Gasteiger partial charge in [-0.15, -0.1) is 0 Å². The Kier molecular flexibility index (Phi) is 4.31. The predicted molar refractivity (Wildman–Crippen MR) is 131 cm³/mol. The average Bonchev–Trinajstić information content (AvgIpc) is 3.61. The number of fused-ring (bicyclic) bond motifs is 3. The molecule has 0 spiro atoms. The van der Waals surface area contributed by atoms with Gasteiger partial charge in [-0.05, 0) is 61.4 Å². The van der Waals surface area contributed by atoms with Crippen LogP contribution in [0.4, 0.5) is 0 Å². The molecule has 0 N–H and O–H groups in total. The van der Waals surface area contributed by atoms with Crippen molar-refractivity contribution in [3.63, 3.8) is 0 Å². The van der Waals surface area contributed by atoms with Crippen molar-refractivity contribution in [3.8, 4) is 6.07 Å². The molecule has 6 rings (SSSR count). The summed E-state index contributed by atoms with van der Waals surface area (Å²) in [5.74, 6) is 1.55. The maximum absolute atomic E-state index is 13.5. The van der Waals surface area contributed by atoms with E-state index in [1.165, 1.54) is 0 Å². The van der Waals surface area contributed by atoms with Crippen molar-refractivity contribution in [3.05, 3.63) is 93.0 Å². The largest absolute Gasteiger partial charge is 0.308 e. The molecule has 0 bridgehead atoms. The zero-order valence-electron chi connectivity index (χ0n) is 18.6. The molecule has 0 aliphatic heterocycles. The van der Waals surface area contributed by atoms with Gasteiger partial charge in [0.2, 0.25) is 0 Å². The molecule has 5 aromatic rings. The van der Waals surface area contributed by atoms with E-state index in [0.717, 1.165) is 52.0 Å². The smallest absolute Gasteiger partial charge is 0.194 e. The third-order valence-corrected chi connectivity index (χ3v) is 6.58. The zero-order chi connectivity index (χ0) is 22.7. The van der Waals surface area contributed by atoms with Gasteiger partial charge >= 0.3 is 0 Å². The molecule has 1 saturated carbocycles. The minimum absolute atomic E-state index is 0.0494. The van der Waals surface area contributed by atoms with E-state index in [4.69, 9.17) is 9.97 Å². The molecule has 0 amide bonds. The highest BCUT2D eigenvalue weighted by Crippen LogP contribution is 2.41. The van der Waals surface area contributed by atoms with E-state index in [1.54, 1.807) is 0 Å². The molecule has 0 atom stereocenters. The van der Waals surface area contributed by atoms with E-state index in [-0.39, 0.29) is 5.43 Å². The molecular formula is C28H22N4O. The molecular weight excluding hydrogens is 408 g/mol. The molecule has 0 radical (unpaired) electrons. The van der Waals surface area contributed by atoms with E-state index in [1.807, 2.05) is 55.5 Å². The van der Waals surface area contributed by atoms with E-state index in [2.05, 4.69) is 23.6 Å². The molecule has 5 heteroatoms. The summed E-state index contributed by atoms with van der Waals surface area (Å²) >= 11 is 0. The van der Waals surface area contributed by atoms with Gasteiger partial charge in [-0.1, -0.05) is 36.4 Å². The molecule has 0 unspecified atom stereocenters. The SMILES string of the molecule is Cc1cc(C)c2nc(C3CC3)n(Cc3ccc4c(C#N)cc5ccccc5c(=O)c4c3)c2n1. The quantitative estimate of drug-likeness (QED) is 0.378. The first kappa shape index (κ1) is 19.6. The maximum Gasteiger partial charge on any atom is 0.194 e. The second kappa shape index (κ2) is 7.25. The second-order valence-electron chi connectivity index (χ2n) is 9.05. The Morgan fingerprint density at radius 2 is 1.82 bits per heavy atom. The molecule has 160 valence electrons. The summed E-state index contributed by atoms with van der Waals surface area (Å²) in [6, 6.07) is 19.5. The van der Waals surface area contributed by atoms with Crippen LogP contribution in [0.15, 0.2) is 59.4 Å². The van der Waals surface area contributed by atoms with Crippen molar-refractivity contribution >= 4 is 32.7 Å². The highest BCUT2D eigenvalue weighted by atomic mass is 16.1. The van der Waals surface area contributed by atoms with Crippen LogP contribution in [-0.2, 0) is 6.54 Å². The lowest BCUT2D eigenvalue weighted by Crippen LogP contribution is -2.07. The molecule has 1 aliphatic rings. The van der Waals surface area contributed by atoms with Crippen LogP contribution in [0.1, 0.15) is 47.0 Å². The number of rotatable bonds is 3. The van der Waals surface area contributed by atoms with Crippen molar-refractivity contribution in [2.75, 3.05) is 0 Å². The molecule has 5 nitrogen and oxygen atoms in total. The fourth-order valence-electron chi connectivity index (χ4n) is 4.82. The average molecular weight is 431 g/mol. The van der Waals surface area contributed by atoms with Gasteiger partial charge < -0.3 is 4.57 Å². The molecule has 3 aromatic carbocycles. The number of hydrogen-bond acceptors (Lipinski definition) is 4. The summed E-state index contributed by atoms with van der Waals surface area (Å²) in [7, 11) is 0. The van der Waals surface area contributed by atoms with Gasteiger partial charge in [0, 0.05) is 27.8 Å². The number of hydrogen-bond donors (Lipinski definition) is 0. The Hall–Kier alpha value is -4.04. The minimum atomic E-state index is -0.0494. The van der Waals surface area contributed by atoms with Crippen molar-refractivity contribution in [1.29, 1.82) is 5.26 Å². The van der Waals surface area contributed by atoms with E-state index in [0.29, 0.717) is 34.2 Å². The second-order valence-corrected chi connectivity index (χ2v) is 9.05. The van der Waals surface area contributed by atoms with E-state index >= 15 is 0 Å². The van der Waals surface area contributed by atoms with Gasteiger partial charge in [-0.3, -0.25) is 4.79 Å². The molecule has 2 aromatic heterocycles. The van der Waals surface area contributed by atoms with Gasteiger partial charge in [-0.2, -0.15) is 5.26 Å². The molecule has 1 fully saturated rings. The third kappa shape index (κ3) is 3.18. The van der Waals surface area contributed by atoms with Gasteiger partial charge in [0.1, 0.15) is 11.3 Å². The van der Waals surface area contributed by atoms with Crippen molar-refractivity contribution < 1.29 is 0 Å². The summed E-state index contributed by atoms with van der Waals surface area (Å²) in [6.45, 7) is 4.68. The summed E-state index contributed by atoms with van der Waals surface area (Å²) in [5, 5.41) is 12.4. The Morgan fingerprint density at radius 1 is 1.00 bits per heavy atom. The van der Waals surface area contributed by atoms with Crippen LogP contribution in [0.2, 0.25) is 0 Å². The highest BCUT2D eigenvalue weighted by molar-refractivity contribution is 5.97. The van der Waals surface area contributed by atoms with Crippen LogP contribution >= 0.6 is 0 Å². The first-order chi connectivity index (χ1) is 16.0. The van der Waals surface area contributed by atoms with Crippen LogP contribution in [0.25, 0.3) is 32.7 Å².